The molecular formula is C24H41N3O5. The average molecular weight is 452 g/mol. The molecule has 3 aliphatic rings. The summed E-state index contributed by atoms with van der Waals surface area (Å²) in [5.41, 5.74) is 5.59. The number of hydrogen-bond acceptors (Lipinski definition) is 5. The maximum atomic E-state index is 12.7. The molecule has 3 saturated carbocycles. The van der Waals surface area contributed by atoms with Crippen molar-refractivity contribution in [2.75, 3.05) is 6.61 Å². The summed E-state index contributed by atoms with van der Waals surface area (Å²) in [5, 5.41) is 13.8. The summed E-state index contributed by atoms with van der Waals surface area (Å²) < 4.78 is 6.07. The van der Waals surface area contributed by atoms with Gasteiger partial charge in [-0.25, -0.2) is 0 Å². The maximum Gasteiger partial charge on any atom is 0.240 e. The lowest BCUT2D eigenvalue weighted by atomic mass is 9.83. The third-order valence-electron chi connectivity index (χ3n) is 7.99. The Labute approximate surface area is 191 Å². The molecule has 0 aromatic carbocycles. The molecule has 0 aromatic rings. The number of nitrogens with one attached hydrogen (secondary N) is 1. The predicted molar refractivity (Wildman–Crippen MR) is 121 cm³/mol. The van der Waals surface area contributed by atoms with Crippen LogP contribution in [0.4, 0.5) is 0 Å². The van der Waals surface area contributed by atoms with Crippen LogP contribution >= 0.6 is 0 Å². The topological polar surface area (TPSA) is 125 Å². The second kappa shape index (κ2) is 12.5. The van der Waals surface area contributed by atoms with E-state index in [1.54, 1.807) is 0 Å². The molecule has 3 rings (SSSR count). The van der Waals surface area contributed by atoms with Gasteiger partial charge in [0.05, 0.1) is 6.10 Å². The lowest BCUT2D eigenvalue weighted by Crippen LogP contribution is -2.48. The maximum absolute atomic E-state index is 12.7. The number of primary amides is 1. The van der Waals surface area contributed by atoms with E-state index in [9.17, 15) is 19.7 Å². The Hall–Kier alpha value is -1.70. The average Bonchev–Trinajstić information content (AvgIpc) is 2.80. The first-order chi connectivity index (χ1) is 15.4. The molecule has 0 heterocycles. The van der Waals surface area contributed by atoms with Crippen molar-refractivity contribution in [1.82, 2.24) is 5.32 Å². The normalized spacial score (nSPS) is 30.4. The summed E-state index contributed by atoms with van der Waals surface area (Å²) in [4.78, 5) is 35.4. The van der Waals surface area contributed by atoms with E-state index < -0.39 is 11.9 Å². The molecule has 8 heteroatoms. The Kier molecular flexibility index (Phi) is 9.75. The Morgan fingerprint density at radius 3 is 2.19 bits per heavy atom. The molecule has 3 aliphatic carbocycles. The van der Waals surface area contributed by atoms with Gasteiger partial charge in [-0.3, -0.25) is 19.7 Å². The molecule has 0 saturated heterocycles. The molecule has 1 unspecified atom stereocenters. The van der Waals surface area contributed by atoms with Gasteiger partial charge < -0.3 is 15.8 Å². The monoisotopic (exact) mass is 451 g/mol. The van der Waals surface area contributed by atoms with E-state index in [-0.39, 0.29) is 28.9 Å². The van der Waals surface area contributed by atoms with Crippen LogP contribution in [0.2, 0.25) is 0 Å². The number of amides is 2. The molecule has 3 N–H and O–H groups in total. The Morgan fingerprint density at radius 2 is 1.59 bits per heavy atom. The quantitative estimate of drug-likeness (QED) is 0.387. The van der Waals surface area contributed by atoms with Gasteiger partial charge in [-0.1, -0.05) is 32.1 Å². The van der Waals surface area contributed by atoms with Gasteiger partial charge in [-0.05, 0) is 63.2 Å². The van der Waals surface area contributed by atoms with E-state index in [1.807, 2.05) is 0 Å². The molecule has 1 atom stereocenters. The highest BCUT2D eigenvalue weighted by Crippen LogP contribution is 2.31. The Morgan fingerprint density at radius 1 is 0.938 bits per heavy atom. The molecule has 2 amide bonds. The van der Waals surface area contributed by atoms with Gasteiger partial charge in [-0.2, -0.15) is 0 Å². The van der Waals surface area contributed by atoms with E-state index in [4.69, 9.17) is 10.5 Å². The van der Waals surface area contributed by atoms with Gasteiger partial charge in [0.15, 0.2) is 0 Å². The molecule has 182 valence electrons. The number of nitro groups is 1. The first kappa shape index (κ1) is 24.9. The largest absolute Gasteiger partial charge is 0.378 e. The van der Waals surface area contributed by atoms with E-state index in [1.165, 1.54) is 19.3 Å². The first-order valence-corrected chi connectivity index (χ1v) is 12.8. The van der Waals surface area contributed by atoms with E-state index >= 15 is 0 Å². The number of ether oxygens (including phenoxy) is 1. The van der Waals surface area contributed by atoms with Crippen molar-refractivity contribution in [1.29, 1.82) is 0 Å². The zero-order valence-electron chi connectivity index (χ0n) is 19.3. The number of rotatable bonds is 10. The molecule has 0 aliphatic heterocycles. The summed E-state index contributed by atoms with van der Waals surface area (Å²) in [6, 6.07) is -0.907. The van der Waals surface area contributed by atoms with Gasteiger partial charge in [0, 0.05) is 30.3 Å². The van der Waals surface area contributed by atoms with Crippen molar-refractivity contribution in [3.05, 3.63) is 10.1 Å². The SMILES string of the molecule is NC(=O)C(CC1CCCCC1)NC(=O)C1CCC(OCCC2CCC([N+](=O)[O-])CC2)CC1. The van der Waals surface area contributed by atoms with Crippen LogP contribution in [0.1, 0.15) is 96.3 Å². The summed E-state index contributed by atoms with van der Waals surface area (Å²) in [6.45, 7) is 0.695. The lowest BCUT2D eigenvalue weighted by molar-refractivity contribution is -0.527. The smallest absolute Gasteiger partial charge is 0.240 e. The van der Waals surface area contributed by atoms with Crippen LogP contribution in [0, 0.1) is 27.9 Å². The number of nitrogens with two attached hydrogens (primary N) is 1. The highest BCUT2D eigenvalue weighted by molar-refractivity contribution is 5.87. The minimum atomic E-state index is -0.551. The summed E-state index contributed by atoms with van der Waals surface area (Å²) in [6.07, 6.45) is 14.2. The van der Waals surface area contributed by atoms with Gasteiger partial charge >= 0.3 is 0 Å². The second-order valence-electron chi connectivity index (χ2n) is 10.3. The van der Waals surface area contributed by atoms with Crippen molar-refractivity contribution in [2.45, 2.75) is 114 Å². The zero-order chi connectivity index (χ0) is 22.9. The standard InChI is InChI=1S/C24H41N3O5/c25-23(28)22(16-18-4-2-1-3-5-18)26-24(29)19-8-12-21(13-9-19)32-15-14-17-6-10-20(11-7-17)27(30)31/h17-22H,1-16H2,(H2,25,28)(H,26,29). The first-order valence-electron chi connectivity index (χ1n) is 12.8. The van der Waals surface area contributed by atoms with Gasteiger partial charge in [0.1, 0.15) is 6.04 Å². The van der Waals surface area contributed by atoms with Crippen LogP contribution in [-0.2, 0) is 14.3 Å². The fraction of sp³-hybridized carbons (Fsp3) is 0.917. The molecular weight excluding hydrogens is 410 g/mol. The lowest BCUT2D eigenvalue weighted by Gasteiger charge is -2.30. The molecule has 8 nitrogen and oxygen atoms in total. The van der Waals surface area contributed by atoms with E-state index in [0.717, 1.165) is 57.8 Å². The molecule has 0 radical (unpaired) electrons. The second-order valence-corrected chi connectivity index (χ2v) is 10.3. The van der Waals surface area contributed by atoms with Crippen LogP contribution in [0.5, 0.6) is 0 Å². The fourth-order valence-electron chi connectivity index (χ4n) is 5.83. The minimum Gasteiger partial charge on any atom is -0.378 e. The highest BCUT2D eigenvalue weighted by atomic mass is 16.6. The fourth-order valence-corrected chi connectivity index (χ4v) is 5.83. The van der Waals surface area contributed by atoms with Gasteiger partial charge in [0.2, 0.25) is 17.9 Å². The number of carbonyl (C=O) groups excluding carboxylic acids is 2. The molecule has 3 fully saturated rings. The van der Waals surface area contributed by atoms with Crippen LogP contribution in [0.15, 0.2) is 0 Å². The van der Waals surface area contributed by atoms with Crippen molar-refractivity contribution < 1.29 is 19.2 Å². The van der Waals surface area contributed by atoms with E-state index in [0.29, 0.717) is 37.7 Å². The third-order valence-corrected chi connectivity index (χ3v) is 7.99. The molecule has 0 bridgehead atoms. The molecule has 0 spiro atoms. The summed E-state index contributed by atoms with van der Waals surface area (Å²) in [5.74, 6) is 0.489. The van der Waals surface area contributed by atoms with Crippen molar-refractivity contribution in [2.24, 2.45) is 23.5 Å². The summed E-state index contributed by atoms with van der Waals surface area (Å²) >= 11 is 0. The molecule has 0 aromatic heterocycles. The summed E-state index contributed by atoms with van der Waals surface area (Å²) in [7, 11) is 0. The van der Waals surface area contributed by atoms with E-state index in [2.05, 4.69) is 5.32 Å². The van der Waals surface area contributed by atoms with Crippen LogP contribution in [-0.4, -0.2) is 41.5 Å². The highest BCUT2D eigenvalue weighted by Gasteiger charge is 2.31. The number of hydrogen-bond donors (Lipinski definition) is 2. The molecule has 32 heavy (non-hydrogen) atoms. The van der Waals surface area contributed by atoms with Crippen LogP contribution < -0.4 is 11.1 Å². The minimum absolute atomic E-state index is 0.0365. The van der Waals surface area contributed by atoms with Crippen molar-refractivity contribution in [3.8, 4) is 0 Å². The predicted octanol–water partition coefficient (Wildman–Crippen LogP) is 3.73. The van der Waals surface area contributed by atoms with Crippen LogP contribution in [0.3, 0.4) is 0 Å². The van der Waals surface area contributed by atoms with Gasteiger partial charge in [-0.15, -0.1) is 0 Å². The number of carbonyl (C=O) groups is 2. The number of nitrogens with zero attached hydrogens (tertiary/aromatic N) is 1. The van der Waals surface area contributed by atoms with Crippen molar-refractivity contribution in [3.63, 3.8) is 0 Å². The zero-order valence-corrected chi connectivity index (χ0v) is 19.3. The Bertz CT molecular complexity index is 621. The third kappa shape index (κ3) is 7.71. The van der Waals surface area contributed by atoms with Crippen molar-refractivity contribution >= 4 is 11.8 Å². The Balaban J connectivity index is 1.31. The van der Waals surface area contributed by atoms with Crippen LogP contribution in [0.25, 0.3) is 0 Å². The van der Waals surface area contributed by atoms with Gasteiger partial charge in [0.25, 0.3) is 0 Å².